The second-order valence-corrected chi connectivity index (χ2v) is 8.03. The molecule has 142 valence electrons. The van der Waals surface area contributed by atoms with E-state index in [0.29, 0.717) is 10.9 Å². The Labute approximate surface area is 170 Å². The monoisotopic (exact) mass is 437 g/mol. The van der Waals surface area contributed by atoms with E-state index in [2.05, 4.69) is 34.1 Å². The maximum Gasteiger partial charge on any atom is 0.330 e. The highest BCUT2D eigenvalue weighted by atomic mass is 79.9. The summed E-state index contributed by atoms with van der Waals surface area (Å²) in [6.07, 6.45) is 1.89. The Morgan fingerprint density at radius 3 is 2.25 bits per heavy atom. The molecule has 2 aromatic heterocycles. The first kappa shape index (κ1) is 18.5. The van der Waals surface area contributed by atoms with E-state index in [-0.39, 0.29) is 11.2 Å². The van der Waals surface area contributed by atoms with Crippen molar-refractivity contribution >= 4 is 26.8 Å². The lowest BCUT2D eigenvalue weighted by atomic mass is 10.1. The van der Waals surface area contributed by atoms with E-state index in [1.165, 1.54) is 11.6 Å². The molecule has 28 heavy (non-hydrogen) atoms. The van der Waals surface area contributed by atoms with E-state index < -0.39 is 0 Å². The molecule has 0 amide bonds. The van der Waals surface area contributed by atoms with Gasteiger partial charge in [-0.25, -0.2) is 4.79 Å². The molecule has 4 rings (SSSR count). The molecule has 0 N–H and O–H groups in total. The fourth-order valence-electron chi connectivity index (χ4n) is 3.60. The molecule has 2 heterocycles. The van der Waals surface area contributed by atoms with Crippen LogP contribution in [0.15, 0.2) is 62.7 Å². The number of fused-ring (bicyclic) bond motifs is 1. The summed E-state index contributed by atoms with van der Waals surface area (Å²) < 4.78 is 5.68. The maximum atomic E-state index is 13.1. The second-order valence-electron chi connectivity index (χ2n) is 7.11. The first-order chi connectivity index (χ1) is 13.3. The number of benzene rings is 2. The first-order valence-electron chi connectivity index (χ1n) is 8.94. The summed E-state index contributed by atoms with van der Waals surface area (Å²) in [6, 6.07) is 14.1. The number of halogens is 1. The molecule has 0 radical (unpaired) electrons. The Morgan fingerprint density at radius 2 is 1.57 bits per heavy atom. The molecule has 0 aliphatic rings. The SMILES string of the molecule is Cc1ccc(C)c(-n2cc3c(c2-c2ccc(Br)cc2)c(=O)n(C)c(=O)n3C)c1. The Morgan fingerprint density at radius 1 is 0.893 bits per heavy atom. The first-order valence-corrected chi connectivity index (χ1v) is 9.73. The van der Waals surface area contributed by atoms with Gasteiger partial charge in [-0.2, -0.15) is 0 Å². The average Bonchev–Trinajstić information content (AvgIpc) is 3.07. The predicted octanol–water partition coefficient (Wildman–Crippen LogP) is 4.07. The van der Waals surface area contributed by atoms with E-state index in [1.807, 2.05) is 48.9 Å². The third-order valence-corrected chi connectivity index (χ3v) is 5.71. The van der Waals surface area contributed by atoms with Crippen molar-refractivity contribution in [1.82, 2.24) is 13.7 Å². The molecule has 6 heteroatoms. The van der Waals surface area contributed by atoms with Crippen molar-refractivity contribution in [3.63, 3.8) is 0 Å². The van der Waals surface area contributed by atoms with E-state index in [0.717, 1.165) is 37.1 Å². The molecular formula is C22H20BrN3O2. The highest BCUT2D eigenvalue weighted by Gasteiger charge is 2.20. The molecule has 0 fully saturated rings. The van der Waals surface area contributed by atoms with Crippen molar-refractivity contribution in [3.8, 4) is 16.9 Å². The molecule has 0 aliphatic carbocycles. The minimum atomic E-state index is -0.335. The van der Waals surface area contributed by atoms with Crippen molar-refractivity contribution in [2.45, 2.75) is 13.8 Å². The summed E-state index contributed by atoms with van der Waals surface area (Å²) in [6.45, 7) is 4.09. The number of nitrogens with zero attached hydrogens (tertiary/aromatic N) is 3. The highest BCUT2D eigenvalue weighted by Crippen LogP contribution is 2.32. The molecule has 0 bridgehead atoms. The van der Waals surface area contributed by atoms with Crippen LogP contribution in [0, 0.1) is 13.8 Å². The minimum absolute atomic E-state index is 0.292. The van der Waals surface area contributed by atoms with Crippen LogP contribution in [0.4, 0.5) is 0 Å². The Balaban J connectivity index is 2.23. The van der Waals surface area contributed by atoms with Gasteiger partial charge in [-0.15, -0.1) is 0 Å². The van der Waals surface area contributed by atoms with Gasteiger partial charge in [0.25, 0.3) is 5.56 Å². The van der Waals surface area contributed by atoms with Crippen molar-refractivity contribution in [3.05, 3.63) is 85.1 Å². The van der Waals surface area contributed by atoms with Crippen molar-refractivity contribution in [2.24, 2.45) is 14.1 Å². The third kappa shape index (κ3) is 2.76. The van der Waals surface area contributed by atoms with Gasteiger partial charge in [-0.05, 0) is 48.7 Å². The fourth-order valence-corrected chi connectivity index (χ4v) is 3.87. The molecule has 0 atom stereocenters. The van der Waals surface area contributed by atoms with Gasteiger partial charge in [-0.3, -0.25) is 13.9 Å². The summed E-state index contributed by atoms with van der Waals surface area (Å²) in [5.41, 5.74) is 4.89. The van der Waals surface area contributed by atoms with E-state index in [9.17, 15) is 9.59 Å². The number of aromatic nitrogens is 3. The summed E-state index contributed by atoms with van der Waals surface area (Å²) in [4.78, 5) is 25.6. The van der Waals surface area contributed by atoms with Gasteiger partial charge in [0, 0.05) is 30.5 Å². The van der Waals surface area contributed by atoms with Gasteiger partial charge in [0.15, 0.2) is 0 Å². The van der Waals surface area contributed by atoms with Crippen LogP contribution >= 0.6 is 15.9 Å². The second kappa shape index (κ2) is 6.63. The van der Waals surface area contributed by atoms with Gasteiger partial charge in [0.1, 0.15) is 0 Å². The van der Waals surface area contributed by atoms with Crippen LogP contribution in [-0.4, -0.2) is 13.7 Å². The van der Waals surface area contributed by atoms with Crippen LogP contribution in [-0.2, 0) is 14.1 Å². The summed E-state index contributed by atoms with van der Waals surface area (Å²) in [5.74, 6) is 0. The van der Waals surface area contributed by atoms with Crippen LogP contribution in [0.1, 0.15) is 11.1 Å². The lowest BCUT2D eigenvalue weighted by molar-refractivity contribution is 0.714. The van der Waals surface area contributed by atoms with Crippen LogP contribution in [0.5, 0.6) is 0 Å². The number of aryl methyl sites for hydroxylation is 3. The van der Waals surface area contributed by atoms with Crippen LogP contribution in [0.3, 0.4) is 0 Å². The molecule has 0 spiro atoms. The van der Waals surface area contributed by atoms with Crippen LogP contribution < -0.4 is 11.2 Å². The Kier molecular flexibility index (Phi) is 4.38. The quantitative estimate of drug-likeness (QED) is 0.474. The highest BCUT2D eigenvalue weighted by molar-refractivity contribution is 9.10. The van der Waals surface area contributed by atoms with E-state index >= 15 is 0 Å². The van der Waals surface area contributed by atoms with Crippen LogP contribution in [0.2, 0.25) is 0 Å². The van der Waals surface area contributed by atoms with Crippen molar-refractivity contribution in [1.29, 1.82) is 0 Å². The zero-order chi connectivity index (χ0) is 20.2. The van der Waals surface area contributed by atoms with Gasteiger partial charge < -0.3 is 4.57 Å². The number of hydrogen-bond donors (Lipinski definition) is 0. The predicted molar refractivity (Wildman–Crippen MR) is 116 cm³/mol. The maximum absolute atomic E-state index is 13.1. The van der Waals surface area contributed by atoms with Crippen molar-refractivity contribution in [2.75, 3.05) is 0 Å². The molecule has 4 aromatic rings. The normalized spacial score (nSPS) is 11.3. The Hall–Kier alpha value is -2.86. The topological polar surface area (TPSA) is 48.9 Å². The van der Waals surface area contributed by atoms with Gasteiger partial charge >= 0.3 is 5.69 Å². The summed E-state index contributed by atoms with van der Waals surface area (Å²) >= 11 is 3.47. The molecule has 0 saturated carbocycles. The molecule has 0 saturated heterocycles. The zero-order valence-electron chi connectivity index (χ0n) is 16.2. The number of rotatable bonds is 2. The van der Waals surface area contributed by atoms with E-state index in [4.69, 9.17) is 0 Å². The molecule has 5 nitrogen and oxygen atoms in total. The van der Waals surface area contributed by atoms with Gasteiger partial charge in [0.2, 0.25) is 0 Å². The van der Waals surface area contributed by atoms with Gasteiger partial charge in [-0.1, -0.05) is 40.2 Å². The lowest BCUT2D eigenvalue weighted by Crippen LogP contribution is -2.36. The molecule has 0 aliphatic heterocycles. The molecule has 2 aromatic carbocycles. The summed E-state index contributed by atoms with van der Waals surface area (Å²) in [7, 11) is 3.22. The average molecular weight is 438 g/mol. The molecular weight excluding hydrogens is 418 g/mol. The summed E-state index contributed by atoms with van der Waals surface area (Å²) in [5, 5.41) is 0.535. The zero-order valence-corrected chi connectivity index (χ0v) is 17.7. The van der Waals surface area contributed by atoms with E-state index in [1.54, 1.807) is 7.05 Å². The third-order valence-electron chi connectivity index (χ3n) is 5.18. The Bertz CT molecular complexity index is 1340. The van der Waals surface area contributed by atoms with Gasteiger partial charge in [0.05, 0.1) is 16.6 Å². The lowest BCUT2D eigenvalue weighted by Gasteiger charge is -2.13. The number of hydrogen-bond acceptors (Lipinski definition) is 2. The molecule has 0 unspecified atom stereocenters. The van der Waals surface area contributed by atoms with Crippen LogP contribution in [0.25, 0.3) is 27.8 Å². The smallest absolute Gasteiger partial charge is 0.313 e. The fraction of sp³-hybridized carbons (Fsp3) is 0.182. The standard InChI is InChI=1S/C22H20BrN3O2/c1-13-5-6-14(2)17(11-13)26-12-18-19(21(27)25(4)22(28)24(18)3)20(26)15-7-9-16(23)10-8-15/h5-12H,1-4H3. The largest absolute Gasteiger partial charge is 0.330 e. The van der Waals surface area contributed by atoms with Crippen molar-refractivity contribution < 1.29 is 0 Å². The minimum Gasteiger partial charge on any atom is -0.313 e.